The molecule has 5 aromatic rings. The van der Waals surface area contributed by atoms with Crippen molar-refractivity contribution in [3.63, 3.8) is 0 Å². The monoisotopic (exact) mass is 591 g/mol. The quantitative estimate of drug-likeness (QED) is 0.198. The summed E-state index contributed by atoms with van der Waals surface area (Å²) in [6.07, 6.45) is 5.66. The van der Waals surface area contributed by atoms with Crippen molar-refractivity contribution >= 4 is 22.9 Å². The van der Waals surface area contributed by atoms with Gasteiger partial charge in [0.05, 0.1) is 16.6 Å². The highest BCUT2D eigenvalue weighted by Gasteiger charge is 2.23. The topological polar surface area (TPSA) is 84.7 Å². The van der Waals surface area contributed by atoms with E-state index in [9.17, 15) is 19.1 Å². The summed E-state index contributed by atoms with van der Waals surface area (Å²) >= 11 is 0. The maximum atomic E-state index is 13.6. The smallest absolute Gasteiger partial charge is 0.335 e. The maximum Gasteiger partial charge on any atom is 0.335 e. The number of carboxylic acids is 1. The van der Waals surface area contributed by atoms with Crippen molar-refractivity contribution in [2.24, 2.45) is 0 Å². The zero-order valence-electron chi connectivity index (χ0n) is 24.8. The van der Waals surface area contributed by atoms with Crippen LogP contribution in [0.15, 0.2) is 84.9 Å². The molecular weight excluding hydrogens is 557 g/mol. The van der Waals surface area contributed by atoms with Gasteiger partial charge in [0, 0.05) is 31.3 Å². The van der Waals surface area contributed by atoms with E-state index in [-0.39, 0.29) is 23.9 Å². The van der Waals surface area contributed by atoms with Crippen molar-refractivity contribution in [3.05, 3.63) is 107 Å². The largest absolute Gasteiger partial charge is 0.489 e. The Balaban J connectivity index is 1.30. The fraction of sp³-hybridized carbons (Fsp3) is 0.250. The molecule has 224 valence electrons. The van der Waals surface area contributed by atoms with Crippen LogP contribution < -0.4 is 4.74 Å². The summed E-state index contributed by atoms with van der Waals surface area (Å²) in [6.45, 7) is 0.207. The second-order valence-corrected chi connectivity index (χ2v) is 11.5. The zero-order chi connectivity index (χ0) is 30.8. The van der Waals surface area contributed by atoms with Crippen LogP contribution in [-0.2, 0) is 6.61 Å². The number of amides is 1. The number of halogens is 1. The van der Waals surface area contributed by atoms with Gasteiger partial charge >= 0.3 is 5.97 Å². The van der Waals surface area contributed by atoms with Crippen LogP contribution in [0.4, 0.5) is 4.39 Å². The van der Waals surface area contributed by atoms with Gasteiger partial charge in [-0.2, -0.15) is 0 Å². The highest BCUT2D eigenvalue weighted by Crippen LogP contribution is 2.37. The van der Waals surface area contributed by atoms with Gasteiger partial charge in [-0.25, -0.2) is 14.2 Å². The first kappa shape index (κ1) is 29.1. The lowest BCUT2D eigenvalue weighted by atomic mass is 9.95. The number of rotatable bonds is 8. The molecule has 0 bridgehead atoms. The first-order chi connectivity index (χ1) is 21.3. The summed E-state index contributed by atoms with van der Waals surface area (Å²) in [6, 6.07) is 24.9. The molecule has 1 aliphatic rings. The fourth-order valence-corrected chi connectivity index (χ4v) is 6.02. The Morgan fingerprint density at radius 3 is 2.25 bits per heavy atom. The number of carboxylic acid groups (broad SMARTS) is 1. The molecule has 0 spiro atoms. The molecule has 4 aromatic carbocycles. The number of carbonyl (C=O) groups is 2. The SMILES string of the molecule is CN(C)C(=O)c1ccc(-c2ccc(F)cc2)c(COc2ccc(-c3nc4cc(C(=O)O)ccc4n3C3CCCCC3)cc2)c1. The minimum atomic E-state index is -0.971. The van der Waals surface area contributed by atoms with Gasteiger partial charge < -0.3 is 19.3 Å². The Morgan fingerprint density at radius 1 is 0.886 bits per heavy atom. The van der Waals surface area contributed by atoms with E-state index in [0.29, 0.717) is 22.9 Å². The van der Waals surface area contributed by atoms with Crippen molar-refractivity contribution in [2.45, 2.75) is 44.8 Å². The molecule has 0 unspecified atom stereocenters. The predicted molar refractivity (Wildman–Crippen MR) is 168 cm³/mol. The molecule has 6 rings (SSSR count). The molecule has 0 aliphatic heterocycles. The van der Waals surface area contributed by atoms with Gasteiger partial charge in [0.15, 0.2) is 0 Å². The van der Waals surface area contributed by atoms with Gasteiger partial charge in [-0.15, -0.1) is 0 Å². The standard InChI is InChI=1S/C36H34FN3O4/c1-39(2)35(41)25-12-18-31(23-8-14-28(37)15-9-23)27(20-25)22-44-30-16-10-24(11-17-30)34-38-32-21-26(36(42)43)13-19-33(32)40(34)29-6-4-3-5-7-29/h8-21,29H,3-7,22H2,1-2H3,(H,42,43). The number of aromatic nitrogens is 2. The Morgan fingerprint density at radius 2 is 1.57 bits per heavy atom. The predicted octanol–water partition coefficient (Wildman–Crippen LogP) is 7.99. The van der Waals surface area contributed by atoms with Crippen molar-refractivity contribution in [1.29, 1.82) is 0 Å². The summed E-state index contributed by atoms with van der Waals surface area (Å²) in [4.78, 5) is 30.8. The molecule has 8 heteroatoms. The van der Waals surface area contributed by atoms with E-state index in [1.807, 2.05) is 42.5 Å². The molecule has 0 radical (unpaired) electrons. The summed E-state index contributed by atoms with van der Waals surface area (Å²) in [5, 5.41) is 9.53. The number of carbonyl (C=O) groups excluding carboxylic acids is 1. The van der Waals surface area contributed by atoms with Crippen LogP contribution in [0.5, 0.6) is 5.75 Å². The molecule has 7 nitrogen and oxygen atoms in total. The average molecular weight is 592 g/mol. The van der Waals surface area contributed by atoms with Gasteiger partial charge in [0.25, 0.3) is 5.91 Å². The van der Waals surface area contributed by atoms with Gasteiger partial charge in [-0.05, 0) is 96.3 Å². The Bertz CT molecular complexity index is 1820. The summed E-state index contributed by atoms with van der Waals surface area (Å²) in [7, 11) is 3.42. The van der Waals surface area contributed by atoms with Crippen molar-refractivity contribution in [2.75, 3.05) is 14.1 Å². The molecule has 1 aromatic heterocycles. The van der Waals surface area contributed by atoms with Crippen LogP contribution in [0, 0.1) is 5.82 Å². The Hall–Kier alpha value is -4.98. The summed E-state index contributed by atoms with van der Waals surface area (Å²) < 4.78 is 22.1. The average Bonchev–Trinajstić information content (AvgIpc) is 3.43. The number of hydrogen-bond donors (Lipinski definition) is 1. The highest BCUT2D eigenvalue weighted by molar-refractivity contribution is 5.95. The molecule has 0 atom stereocenters. The molecular formula is C36H34FN3O4. The molecule has 1 N–H and O–H groups in total. The van der Waals surface area contributed by atoms with Crippen LogP contribution in [0.3, 0.4) is 0 Å². The second-order valence-electron chi connectivity index (χ2n) is 11.5. The van der Waals surface area contributed by atoms with E-state index >= 15 is 0 Å². The Kier molecular flexibility index (Phi) is 8.15. The molecule has 1 heterocycles. The van der Waals surface area contributed by atoms with Gasteiger partial charge in [0.2, 0.25) is 0 Å². The molecule has 1 amide bonds. The third-order valence-corrected chi connectivity index (χ3v) is 8.30. The first-order valence-corrected chi connectivity index (χ1v) is 14.9. The molecule has 1 saturated carbocycles. The van der Waals surface area contributed by atoms with Gasteiger partial charge in [0.1, 0.15) is 24.0 Å². The molecule has 44 heavy (non-hydrogen) atoms. The summed E-state index contributed by atoms with van der Waals surface area (Å²) in [5.74, 6) is 0.0652. The van der Waals surface area contributed by atoms with E-state index < -0.39 is 5.97 Å². The van der Waals surface area contributed by atoms with Crippen LogP contribution in [-0.4, -0.2) is 45.5 Å². The number of hydrogen-bond acceptors (Lipinski definition) is 4. The number of nitrogens with zero attached hydrogens (tertiary/aromatic N) is 3. The van der Waals surface area contributed by atoms with Crippen molar-refractivity contribution in [3.8, 4) is 28.3 Å². The third-order valence-electron chi connectivity index (χ3n) is 8.30. The number of benzene rings is 4. The lowest BCUT2D eigenvalue weighted by Gasteiger charge is -2.25. The van der Waals surface area contributed by atoms with Gasteiger partial charge in [-0.1, -0.05) is 37.5 Å². The lowest BCUT2D eigenvalue weighted by molar-refractivity contribution is 0.0696. The maximum absolute atomic E-state index is 13.6. The van der Waals surface area contributed by atoms with Crippen LogP contribution in [0.25, 0.3) is 33.5 Å². The number of fused-ring (bicyclic) bond motifs is 1. The van der Waals surface area contributed by atoms with Crippen molar-refractivity contribution in [1.82, 2.24) is 14.5 Å². The minimum absolute atomic E-state index is 0.113. The van der Waals surface area contributed by atoms with E-state index in [1.54, 1.807) is 44.4 Å². The number of imidazole rings is 1. The molecule has 1 aliphatic carbocycles. The minimum Gasteiger partial charge on any atom is -0.489 e. The lowest BCUT2D eigenvalue weighted by Crippen LogP contribution is -2.21. The van der Waals surface area contributed by atoms with E-state index in [0.717, 1.165) is 59.3 Å². The van der Waals surface area contributed by atoms with Crippen LogP contribution in [0.1, 0.15) is 64.4 Å². The van der Waals surface area contributed by atoms with Crippen LogP contribution >= 0.6 is 0 Å². The van der Waals surface area contributed by atoms with Crippen LogP contribution in [0.2, 0.25) is 0 Å². The fourth-order valence-electron chi connectivity index (χ4n) is 6.02. The van der Waals surface area contributed by atoms with E-state index in [1.165, 1.54) is 23.5 Å². The molecule has 0 saturated heterocycles. The third kappa shape index (κ3) is 5.93. The van der Waals surface area contributed by atoms with E-state index in [4.69, 9.17) is 9.72 Å². The number of aromatic carboxylic acids is 1. The Labute approximate surface area is 255 Å². The van der Waals surface area contributed by atoms with Crippen molar-refractivity contribution < 1.29 is 23.8 Å². The van der Waals surface area contributed by atoms with E-state index in [2.05, 4.69) is 4.57 Å². The normalized spacial score (nSPS) is 13.6. The van der Waals surface area contributed by atoms with Gasteiger partial charge in [-0.3, -0.25) is 4.79 Å². The number of ether oxygens (including phenoxy) is 1. The zero-order valence-corrected chi connectivity index (χ0v) is 24.8. The summed E-state index contributed by atoms with van der Waals surface area (Å²) in [5.41, 5.74) is 5.79. The highest BCUT2D eigenvalue weighted by atomic mass is 19.1. The second kappa shape index (κ2) is 12.3. The molecule has 1 fully saturated rings. The first-order valence-electron chi connectivity index (χ1n) is 14.9.